The zero-order valence-corrected chi connectivity index (χ0v) is 22.0. The lowest BCUT2D eigenvalue weighted by molar-refractivity contribution is 0.108. The number of fused-ring (bicyclic) bond motifs is 1. The van der Waals surface area contributed by atoms with Crippen LogP contribution in [0, 0.1) is 5.92 Å². The van der Waals surface area contributed by atoms with Gasteiger partial charge in [-0.3, -0.25) is 0 Å². The van der Waals surface area contributed by atoms with Crippen molar-refractivity contribution in [3.05, 3.63) is 42.1 Å². The Kier molecular flexibility index (Phi) is 12.1. The van der Waals surface area contributed by atoms with Gasteiger partial charge >= 0.3 is 0 Å². The first-order chi connectivity index (χ1) is 15.6. The standard InChI is InChI=1S/C24H34N4O4.HI/c1-18(2)17-30-11-4-10-25-24(27-16-19-6-9-23(29-3)26-15-19)28-20-7-8-21-22(14-20)32-13-5-12-31-21;/h6-9,14-15,18H,4-5,10-13,16-17H2,1-3H3,(H2,25,27,28);1H. The van der Waals surface area contributed by atoms with E-state index in [1.165, 1.54) is 0 Å². The van der Waals surface area contributed by atoms with Crippen LogP contribution in [0.15, 0.2) is 41.5 Å². The summed E-state index contributed by atoms with van der Waals surface area (Å²) in [7, 11) is 1.60. The average Bonchev–Trinajstić information content (AvgIpc) is 3.04. The molecule has 182 valence electrons. The van der Waals surface area contributed by atoms with Gasteiger partial charge in [-0.15, -0.1) is 24.0 Å². The fraction of sp³-hybridized carbons (Fsp3) is 0.500. The van der Waals surface area contributed by atoms with Crippen molar-refractivity contribution in [2.75, 3.05) is 45.4 Å². The Balaban J connectivity index is 0.00000385. The average molecular weight is 570 g/mol. The number of benzene rings is 1. The Morgan fingerprint density at radius 3 is 2.70 bits per heavy atom. The molecule has 1 aliphatic rings. The molecule has 0 fully saturated rings. The van der Waals surface area contributed by atoms with Crippen LogP contribution in [0.1, 0.15) is 32.3 Å². The largest absolute Gasteiger partial charge is 0.490 e. The van der Waals surface area contributed by atoms with E-state index < -0.39 is 0 Å². The molecule has 0 radical (unpaired) electrons. The normalized spacial score (nSPS) is 13.2. The lowest BCUT2D eigenvalue weighted by atomic mass is 10.2. The molecular weight excluding hydrogens is 535 g/mol. The molecule has 1 aromatic heterocycles. The topological polar surface area (TPSA) is 86.2 Å². The first kappa shape index (κ1) is 27.0. The van der Waals surface area contributed by atoms with Crippen molar-refractivity contribution in [1.29, 1.82) is 0 Å². The molecule has 0 amide bonds. The van der Waals surface area contributed by atoms with Gasteiger partial charge in [-0.2, -0.15) is 0 Å². The fourth-order valence-electron chi connectivity index (χ4n) is 3.01. The smallest absolute Gasteiger partial charge is 0.212 e. The SMILES string of the molecule is COc1ccc(CN=C(NCCCOCC(C)C)Nc2ccc3c(c2)OCCCO3)cn1.I. The van der Waals surface area contributed by atoms with Crippen LogP contribution in [0.25, 0.3) is 0 Å². The summed E-state index contributed by atoms with van der Waals surface area (Å²) in [6.07, 6.45) is 3.53. The van der Waals surface area contributed by atoms with Crippen molar-refractivity contribution < 1.29 is 18.9 Å². The Bertz CT molecular complexity index is 862. The van der Waals surface area contributed by atoms with Crippen molar-refractivity contribution >= 4 is 35.6 Å². The highest BCUT2D eigenvalue weighted by Gasteiger charge is 2.11. The number of aliphatic imine (C=N–C) groups is 1. The van der Waals surface area contributed by atoms with Crippen molar-refractivity contribution in [2.45, 2.75) is 33.2 Å². The summed E-state index contributed by atoms with van der Waals surface area (Å²) in [6.45, 7) is 8.34. The van der Waals surface area contributed by atoms with E-state index in [2.05, 4.69) is 29.5 Å². The molecule has 0 aliphatic carbocycles. The molecule has 1 aliphatic heterocycles. The third kappa shape index (κ3) is 9.63. The monoisotopic (exact) mass is 570 g/mol. The van der Waals surface area contributed by atoms with Crippen molar-refractivity contribution in [1.82, 2.24) is 10.3 Å². The Morgan fingerprint density at radius 2 is 1.97 bits per heavy atom. The number of guanidine groups is 1. The van der Waals surface area contributed by atoms with Crippen LogP contribution in [0.4, 0.5) is 5.69 Å². The van der Waals surface area contributed by atoms with Crippen molar-refractivity contribution in [2.24, 2.45) is 10.9 Å². The zero-order valence-electron chi connectivity index (χ0n) is 19.6. The Labute approximate surface area is 213 Å². The van der Waals surface area contributed by atoms with Crippen LogP contribution in [-0.4, -0.2) is 51.0 Å². The molecule has 8 nitrogen and oxygen atoms in total. The molecule has 0 saturated carbocycles. The van der Waals surface area contributed by atoms with Crippen molar-refractivity contribution in [3.8, 4) is 17.4 Å². The summed E-state index contributed by atoms with van der Waals surface area (Å²) in [5.41, 5.74) is 1.87. The maximum Gasteiger partial charge on any atom is 0.212 e. The van der Waals surface area contributed by atoms with Gasteiger partial charge < -0.3 is 29.6 Å². The molecular formula is C24H35IN4O4. The number of rotatable bonds is 10. The summed E-state index contributed by atoms with van der Waals surface area (Å²) in [5, 5.41) is 6.75. The number of hydrogen-bond acceptors (Lipinski definition) is 6. The molecule has 2 heterocycles. The predicted octanol–water partition coefficient (Wildman–Crippen LogP) is 4.49. The van der Waals surface area contributed by atoms with Gasteiger partial charge in [0.2, 0.25) is 5.88 Å². The summed E-state index contributed by atoms with van der Waals surface area (Å²) < 4.78 is 22.3. The molecule has 0 unspecified atom stereocenters. The second-order valence-corrected chi connectivity index (χ2v) is 7.96. The molecule has 0 spiro atoms. The van der Waals surface area contributed by atoms with Gasteiger partial charge in [0.05, 0.1) is 26.9 Å². The highest BCUT2D eigenvalue weighted by atomic mass is 127. The van der Waals surface area contributed by atoms with E-state index in [1.807, 2.05) is 30.3 Å². The minimum atomic E-state index is 0. The van der Waals surface area contributed by atoms with Gasteiger partial charge in [-0.1, -0.05) is 19.9 Å². The van der Waals surface area contributed by atoms with Crippen LogP contribution >= 0.6 is 24.0 Å². The number of methoxy groups -OCH3 is 1. The van der Waals surface area contributed by atoms with E-state index >= 15 is 0 Å². The summed E-state index contributed by atoms with van der Waals surface area (Å²) in [6, 6.07) is 9.62. The fourth-order valence-corrected chi connectivity index (χ4v) is 3.01. The second-order valence-electron chi connectivity index (χ2n) is 7.96. The van der Waals surface area contributed by atoms with E-state index in [9.17, 15) is 0 Å². The number of ether oxygens (including phenoxy) is 4. The number of hydrogen-bond donors (Lipinski definition) is 2. The highest BCUT2D eigenvalue weighted by molar-refractivity contribution is 14.0. The van der Waals surface area contributed by atoms with E-state index in [0.717, 1.165) is 48.7 Å². The van der Waals surface area contributed by atoms with Gasteiger partial charge in [-0.25, -0.2) is 9.98 Å². The van der Waals surface area contributed by atoms with E-state index in [4.69, 9.17) is 23.9 Å². The second kappa shape index (κ2) is 14.8. The van der Waals surface area contributed by atoms with Gasteiger partial charge in [-0.05, 0) is 30.0 Å². The number of pyridine rings is 1. The Hall–Kier alpha value is -2.27. The zero-order chi connectivity index (χ0) is 22.6. The molecule has 0 bridgehead atoms. The van der Waals surface area contributed by atoms with Crippen LogP contribution in [-0.2, 0) is 11.3 Å². The molecule has 0 saturated heterocycles. The van der Waals surface area contributed by atoms with Crippen LogP contribution in [0.3, 0.4) is 0 Å². The molecule has 33 heavy (non-hydrogen) atoms. The van der Waals surface area contributed by atoms with E-state index in [1.54, 1.807) is 13.3 Å². The summed E-state index contributed by atoms with van der Waals surface area (Å²) in [5.74, 6) is 3.32. The third-order valence-electron chi connectivity index (χ3n) is 4.65. The minimum absolute atomic E-state index is 0. The first-order valence-electron chi connectivity index (χ1n) is 11.2. The minimum Gasteiger partial charge on any atom is -0.490 e. The van der Waals surface area contributed by atoms with Crippen LogP contribution < -0.4 is 24.8 Å². The van der Waals surface area contributed by atoms with Crippen LogP contribution in [0.2, 0.25) is 0 Å². The number of aromatic nitrogens is 1. The lowest BCUT2D eigenvalue weighted by Gasteiger charge is -2.15. The number of nitrogens with one attached hydrogen (secondary N) is 2. The molecule has 2 aromatic rings. The highest BCUT2D eigenvalue weighted by Crippen LogP contribution is 2.32. The third-order valence-corrected chi connectivity index (χ3v) is 4.65. The van der Waals surface area contributed by atoms with E-state index in [0.29, 0.717) is 44.1 Å². The summed E-state index contributed by atoms with van der Waals surface area (Å²) >= 11 is 0. The lowest BCUT2D eigenvalue weighted by Crippen LogP contribution is -2.32. The molecule has 2 N–H and O–H groups in total. The first-order valence-corrected chi connectivity index (χ1v) is 11.2. The number of halogens is 1. The molecule has 1 aromatic carbocycles. The predicted molar refractivity (Wildman–Crippen MR) is 141 cm³/mol. The Morgan fingerprint density at radius 1 is 1.15 bits per heavy atom. The van der Waals surface area contributed by atoms with Gasteiger partial charge in [0.15, 0.2) is 17.5 Å². The molecule has 3 rings (SSSR count). The van der Waals surface area contributed by atoms with Crippen LogP contribution in [0.5, 0.6) is 17.4 Å². The quantitative estimate of drug-likeness (QED) is 0.189. The molecule has 9 heteroatoms. The maximum atomic E-state index is 5.80. The van der Waals surface area contributed by atoms with Gasteiger partial charge in [0, 0.05) is 50.2 Å². The summed E-state index contributed by atoms with van der Waals surface area (Å²) in [4.78, 5) is 8.97. The number of anilines is 1. The maximum absolute atomic E-state index is 5.80. The molecule has 0 atom stereocenters. The van der Waals surface area contributed by atoms with Gasteiger partial charge in [0.25, 0.3) is 0 Å². The van der Waals surface area contributed by atoms with Crippen molar-refractivity contribution in [3.63, 3.8) is 0 Å². The number of nitrogens with zero attached hydrogens (tertiary/aromatic N) is 2. The van der Waals surface area contributed by atoms with E-state index in [-0.39, 0.29) is 24.0 Å². The van der Waals surface area contributed by atoms with Gasteiger partial charge in [0.1, 0.15) is 0 Å².